The molecule has 1 aromatic rings. The Bertz CT molecular complexity index is 497. The topological polar surface area (TPSA) is 44.1 Å². The van der Waals surface area contributed by atoms with Crippen molar-refractivity contribution in [2.45, 2.75) is 20.3 Å². The first-order chi connectivity index (χ1) is 8.95. The highest BCUT2D eigenvalue weighted by Gasteiger charge is 2.19. The molecule has 0 heterocycles. The van der Waals surface area contributed by atoms with Crippen LogP contribution in [0.4, 0.5) is 4.39 Å². The Kier molecular flexibility index (Phi) is 5.78. The van der Waals surface area contributed by atoms with Gasteiger partial charge in [0.15, 0.2) is 0 Å². The van der Waals surface area contributed by atoms with E-state index in [9.17, 15) is 9.18 Å². The summed E-state index contributed by atoms with van der Waals surface area (Å²) in [5.74, 6) is -0.468. The van der Waals surface area contributed by atoms with E-state index in [4.69, 9.17) is 16.9 Å². The lowest BCUT2D eigenvalue weighted by atomic mass is 10.1. The molecule has 0 saturated carbocycles. The van der Waals surface area contributed by atoms with Crippen LogP contribution >= 0.6 is 11.6 Å². The normalized spacial score (nSPS) is 10.3. The van der Waals surface area contributed by atoms with Gasteiger partial charge in [-0.3, -0.25) is 4.79 Å². The summed E-state index contributed by atoms with van der Waals surface area (Å²) in [4.78, 5) is 13.9. The van der Waals surface area contributed by atoms with E-state index < -0.39 is 5.82 Å². The molecule has 0 radical (unpaired) electrons. The van der Waals surface area contributed by atoms with E-state index in [1.54, 1.807) is 4.90 Å². The maximum atomic E-state index is 13.0. The van der Waals surface area contributed by atoms with Crippen molar-refractivity contribution in [2.24, 2.45) is 5.92 Å². The number of hydrogen-bond acceptors (Lipinski definition) is 2. The first kappa shape index (κ1) is 15.5. The molecule has 0 aliphatic heterocycles. The monoisotopic (exact) mass is 282 g/mol. The number of amides is 1. The van der Waals surface area contributed by atoms with Gasteiger partial charge < -0.3 is 4.90 Å². The molecule has 0 aromatic heterocycles. The molecule has 1 aromatic carbocycles. The van der Waals surface area contributed by atoms with E-state index in [-0.39, 0.29) is 28.8 Å². The Morgan fingerprint density at radius 3 is 2.74 bits per heavy atom. The summed E-state index contributed by atoms with van der Waals surface area (Å²) in [7, 11) is 0. The number of halogens is 2. The minimum absolute atomic E-state index is 0.0933. The SMILES string of the molecule is CC(C)CN(CCC#N)C(=O)c1ccc(F)cc1Cl. The van der Waals surface area contributed by atoms with Gasteiger partial charge in [-0.2, -0.15) is 5.26 Å². The maximum absolute atomic E-state index is 13.0. The average molecular weight is 283 g/mol. The second kappa shape index (κ2) is 7.10. The summed E-state index contributed by atoms with van der Waals surface area (Å²) < 4.78 is 13.0. The van der Waals surface area contributed by atoms with Crippen LogP contribution in [0.1, 0.15) is 30.6 Å². The molecule has 19 heavy (non-hydrogen) atoms. The second-order valence-electron chi connectivity index (χ2n) is 4.68. The molecular formula is C14H16ClFN2O. The van der Waals surface area contributed by atoms with Gasteiger partial charge in [-0.1, -0.05) is 25.4 Å². The van der Waals surface area contributed by atoms with Gasteiger partial charge in [0, 0.05) is 13.1 Å². The van der Waals surface area contributed by atoms with Crippen LogP contribution < -0.4 is 0 Å². The third kappa shape index (κ3) is 4.53. The molecule has 0 saturated heterocycles. The van der Waals surface area contributed by atoms with Crippen LogP contribution in [0.2, 0.25) is 5.02 Å². The summed E-state index contributed by atoms with van der Waals surface area (Å²) in [6.45, 7) is 4.85. The van der Waals surface area contributed by atoms with Gasteiger partial charge in [0.2, 0.25) is 0 Å². The molecule has 0 aliphatic rings. The van der Waals surface area contributed by atoms with Gasteiger partial charge >= 0.3 is 0 Å². The lowest BCUT2D eigenvalue weighted by Crippen LogP contribution is -2.35. The number of nitrogens with zero attached hydrogens (tertiary/aromatic N) is 2. The van der Waals surface area contributed by atoms with Gasteiger partial charge in [-0.25, -0.2) is 4.39 Å². The molecule has 0 N–H and O–H groups in total. The van der Waals surface area contributed by atoms with Crippen molar-refractivity contribution in [3.8, 4) is 6.07 Å². The summed E-state index contributed by atoms with van der Waals surface area (Å²) in [6, 6.07) is 5.71. The van der Waals surface area contributed by atoms with Crippen LogP contribution in [0.25, 0.3) is 0 Å². The molecule has 102 valence electrons. The molecule has 0 atom stereocenters. The third-order valence-corrected chi connectivity index (χ3v) is 2.84. The minimum atomic E-state index is -0.478. The van der Waals surface area contributed by atoms with Crippen LogP contribution in [-0.4, -0.2) is 23.9 Å². The number of carbonyl (C=O) groups is 1. The molecule has 3 nitrogen and oxygen atoms in total. The van der Waals surface area contributed by atoms with Crippen LogP contribution in [-0.2, 0) is 0 Å². The lowest BCUT2D eigenvalue weighted by Gasteiger charge is -2.24. The highest BCUT2D eigenvalue weighted by molar-refractivity contribution is 6.33. The van der Waals surface area contributed by atoms with Crippen LogP contribution in [0, 0.1) is 23.1 Å². The van der Waals surface area contributed by atoms with Crippen LogP contribution in [0.15, 0.2) is 18.2 Å². The van der Waals surface area contributed by atoms with Crippen LogP contribution in [0.5, 0.6) is 0 Å². The fraction of sp³-hybridized carbons (Fsp3) is 0.429. The van der Waals surface area contributed by atoms with Gasteiger partial charge in [0.05, 0.1) is 23.1 Å². The lowest BCUT2D eigenvalue weighted by molar-refractivity contribution is 0.0740. The predicted octanol–water partition coefficient (Wildman–Crippen LogP) is 3.49. The van der Waals surface area contributed by atoms with Crippen molar-refractivity contribution in [1.29, 1.82) is 5.26 Å². The highest BCUT2D eigenvalue weighted by Crippen LogP contribution is 2.19. The van der Waals surface area contributed by atoms with Crippen LogP contribution in [0.3, 0.4) is 0 Å². The summed E-state index contributed by atoms with van der Waals surface area (Å²) in [5, 5.41) is 8.72. The first-order valence-electron chi connectivity index (χ1n) is 6.07. The Hall–Kier alpha value is -1.60. The van der Waals surface area contributed by atoms with Crippen molar-refractivity contribution < 1.29 is 9.18 Å². The molecule has 0 aliphatic carbocycles. The summed E-state index contributed by atoms with van der Waals surface area (Å²) >= 11 is 5.89. The average Bonchev–Trinajstić information content (AvgIpc) is 2.33. The second-order valence-corrected chi connectivity index (χ2v) is 5.08. The van der Waals surface area contributed by atoms with E-state index in [0.29, 0.717) is 13.1 Å². The highest BCUT2D eigenvalue weighted by atomic mass is 35.5. The van der Waals surface area contributed by atoms with Crippen molar-refractivity contribution in [2.75, 3.05) is 13.1 Å². The Morgan fingerprint density at radius 1 is 1.53 bits per heavy atom. The van der Waals surface area contributed by atoms with Gasteiger partial charge in [0.1, 0.15) is 5.82 Å². The Morgan fingerprint density at radius 2 is 2.21 bits per heavy atom. The van der Waals surface area contributed by atoms with Gasteiger partial charge in [-0.15, -0.1) is 0 Å². The largest absolute Gasteiger partial charge is 0.337 e. The number of nitriles is 1. The molecule has 0 unspecified atom stereocenters. The number of rotatable bonds is 5. The minimum Gasteiger partial charge on any atom is -0.337 e. The van der Waals surface area contributed by atoms with E-state index in [0.717, 1.165) is 6.07 Å². The zero-order chi connectivity index (χ0) is 14.4. The fourth-order valence-electron chi connectivity index (χ4n) is 1.73. The molecule has 1 rings (SSSR count). The zero-order valence-corrected chi connectivity index (χ0v) is 11.7. The Labute approximate surface area is 117 Å². The standard InChI is InChI=1S/C14H16ClFN2O/c1-10(2)9-18(7-3-6-17)14(19)12-5-4-11(16)8-13(12)15/h4-5,8,10H,3,7,9H2,1-2H3. The first-order valence-corrected chi connectivity index (χ1v) is 6.44. The van der Waals surface area contributed by atoms with E-state index in [1.807, 2.05) is 19.9 Å². The molecule has 0 bridgehead atoms. The van der Waals surface area contributed by atoms with Crippen molar-refractivity contribution in [3.63, 3.8) is 0 Å². The molecular weight excluding hydrogens is 267 g/mol. The zero-order valence-electron chi connectivity index (χ0n) is 11.0. The number of benzene rings is 1. The van der Waals surface area contributed by atoms with Gasteiger partial charge in [-0.05, 0) is 24.1 Å². The predicted molar refractivity (Wildman–Crippen MR) is 72.4 cm³/mol. The van der Waals surface area contributed by atoms with Gasteiger partial charge in [0.25, 0.3) is 5.91 Å². The smallest absolute Gasteiger partial charge is 0.255 e. The number of hydrogen-bond donors (Lipinski definition) is 0. The Balaban J connectivity index is 2.94. The van der Waals surface area contributed by atoms with Crippen molar-refractivity contribution in [1.82, 2.24) is 4.90 Å². The maximum Gasteiger partial charge on any atom is 0.255 e. The van der Waals surface area contributed by atoms with E-state index >= 15 is 0 Å². The van der Waals surface area contributed by atoms with Crippen molar-refractivity contribution >= 4 is 17.5 Å². The third-order valence-electron chi connectivity index (χ3n) is 2.53. The van der Waals surface area contributed by atoms with E-state index in [1.165, 1.54) is 12.1 Å². The van der Waals surface area contributed by atoms with Crippen molar-refractivity contribution in [3.05, 3.63) is 34.6 Å². The number of carbonyl (C=O) groups excluding carboxylic acids is 1. The summed E-state index contributed by atoms with van der Waals surface area (Å²) in [5.41, 5.74) is 0.265. The summed E-state index contributed by atoms with van der Waals surface area (Å²) in [6.07, 6.45) is 0.261. The fourth-order valence-corrected chi connectivity index (χ4v) is 1.98. The molecule has 5 heteroatoms. The quantitative estimate of drug-likeness (QED) is 0.830. The molecule has 0 fully saturated rings. The molecule has 1 amide bonds. The van der Waals surface area contributed by atoms with E-state index in [2.05, 4.69) is 0 Å². The molecule has 0 spiro atoms.